The quantitative estimate of drug-likeness (QED) is 0.814. The largest absolute Gasteiger partial charge is 0.476 e. The molecular weight excluding hydrogens is 236 g/mol. The lowest BCUT2D eigenvalue weighted by Gasteiger charge is -2.31. The lowest BCUT2D eigenvalue weighted by molar-refractivity contribution is -0.140. The van der Waals surface area contributed by atoms with Gasteiger partial charge in [-0.3, -0.25) is 4.79 Å². The van der Waals surface area contributed by atoms with Crippen LogP contribution in [0.15, 0.2) is 4.52 Å². The molecule has 2 rings (SSSR count). The van der Waals surface area contributed by atoms with E-state index < -0.39 is 11.4 Å². The number of fused-ring (bicyclic) bond motifs is 1. The van der Waals surface area contributed by atoms with Gasteiger partial charge in [0.15, 0.2) is 5.69 Å². The first-order valence-corrected chi connectivity index (χ1v) is 5.81. The first kappa shape index (κ1) is 12.6. The number of carbonyl (C=O) groups is 2. The summed E-state index contributed by atoms with van der Waals surface area (Å²) in [7, 11) is 0. The molecule has 0 bridgehead atoms. The third-order valence-electron chi connectivity index (χ3n) is 2.96. The van der Waals surface area contributed by atoms with Gasteiger partial charge in [0.05, 0.1) is 6.54 Å². The average Bonchev–Trinajstić information content (AvgIpc) is 2.69. The van der Waals surface area contributed by atoms with Gasteiger partial charge < -0.3 is 14.5 Å². The van der Waals surface area contributed by atoms with Crippen LogP contribution in [0.5, 0.6) is 0 Å². The molecule has 1 amide bonds. The zero-order valence-electron chi connectivity index (χ0n) is 10.7. The Morgan fingerprint density at radius 3 is 2.61 bits per heavy atom. The maximum atomic E-state index is 12.2. The SMILES string of the molecule is CC(C)(C)C(=O)N1CCc2onc(C(=O)O)c2C1. The monoisotopic (exact) mass is 252 g/mol. The molecule has 6 nitrogen and oxygen atoms in total. The van der Waals surface area contributed by atoms with Crippen molar-refractivity contribution in [2.24, 2.45) is 5.41 Å². The van der Waals surface area contributed by atoms with Crippen molar-refractivity contribution in [1.82, 2.24) is 10.1 Å². The third-order valence-corrected chi connectivity index (χ3v) is 2.96. The maximum Gasteiger partial charge on any atom is 0.358 e. The van der Waals surface area contributed by atoms with Crippen molar-refractivity contribution in [2.75, 3.05) is 6.54 Å². The van der Waals surface area contributed by atoms with Crippen LogP contribution in [0.3, 0.4) is 0 Å². The Labute approximate surface area is 105 Å². The van der Waals surface area contributed by atoms with E-state index in [-0.39, 0.29) is 18.1 Å². The molecule has 1 aromatic rings. The minimum Gasteiger partial charge on any atom is -0.476 e. The van der Waals surface area contributed by atoms with Gasteiger partial charge in [0.1, 0.15) is 5.76 Å². The summed E-state index contributed by atoms with van der Waals surface area (Å²) in [5.41, 5.74) is -0.0410. The van der Waals surface area contributed by atoms with Crippen molar-refractivity contribution in [3.8, 4) is 0 Å². The van der Waals surface area contributed by atoms with Crippen LogP contribution in [-0.4, -0.2) is 33.6 Å². The highest BCUT2D eigenvalue weighted by molar-refractivity contribution is 5.88. The summed E-state index contributed by atoms with van der Waals surface area (Å²) in [5, 5.41) is 12.5. The Hall–Kier alpha value is -1.85. The highest BCUT2D eigenvalue weighted by Crippen LogP contribution is 2.26. The van der Waals surface area contributed by atoms with Crippen molar-refractivity contribution in [3.05, 3.63) is 17.0 Å². The number of aromatic nitrogens is 1. The van der Waals surface area contributed by atoms with Crippen LogP contribution in [-0.2, 0) is 17.8 Å². The number of hydrogen-bond acceptors (Lipinski definition) is 4. The molecule has 1 aliphatic rings. The topological polar surface area (TPSA) is 83.6 Å². The first-order valence-electron chi connectivity index (χ1n) is 5.81. The van der Waals surface area contributed by atoms with Gasteiger partial charge in [-0.25, -0.2) is 4.79 Å². The molecule has 0 spiro atoms. The normalized spacial score (nSPS) is 15.4. The summed E-state index contributed by atoms with van der Waals surface area (Å²) in [6, 6.07) is 0. The molecule has 6 heteroatoms. The molecule has 1 N–H and O–H groups in total. The number of nitrogens with zero attached hydrogens (tertiary/aromatic N) is 2. The van der Waals surface area contributed by atoms with E-state index in [1.807, 2.05) is 20.8 Å². The van der Waals surface area contributed by atoms with Gasteiger partial charge >= 0.3 is 5.97 Å². The fraction of sp³-hybridized carbons (Fsp3) is 0.583. The van der Waals surface area contributed by atoms with Crippen LogP contribution < -0.4 is 0 Å². The number of carboxylic acid groups (broad SMARTS) is 1. The van der Waals surface area contributed by atoms with Crippen LogP contribution in [0.2, 0.25) is 0 Å². The molecule has 0 aromatic carbocycles. The van der Waals surface area contributed by atoms with Gasteiger partial charge in [-0.15, -0.1) is 0 Å². The predicted octanol–water partition coefficient (Wildman–Crippen LogP) is 1.30. The van der Waals surface area contributed by atoms with Crippen LogP contribution in [0.25, 0.3) is 0 Å². The van der Waals surface area contributed by atoms with Gasteiger partial charge in [-0.2, -0.15) is 0 Å². The van der Waals surface area contributed by atoms with Crippen LogP contribution in [0.1, 0.15) is 42.6 Å². The maximum absolute atomic E-state index is 12.2. The molecule has 0 radical (unpaired) electrons. The van der Waals surface area contributed by atoms with Crippen molar-refractivity contribution in [2.45, 2.75) is 33.7 Å². The highest BCUT2D eigenvalue weighted by atomic mass is 16.5. The molecule has 2 heterocycles. The number of carboxylic acids is 1. The van der Waals surface area contributed by atoms with E-state index in [2.05, 4.69) is 5.16 Å². The Bertz CT molecular complexity index is 499. The van der Waals surface area contributed by atoms with Crippen LogP contribution >= 0.6 is 0 Å². The minimum atomic E-state index is -1.12. The van der Waals surface area contributed by atoms with E-state index in [0.29, 0.717) is 24.3 Å². The number of carbonyl (C=O) groups excluding carboxylic acids is 1. The van der Waals surface area contributed by atoms with Gasteiger partial charge in [0.25, 0.3) is 0 Å². The number of aromatic carboxylic acids is 1. The van der Waals surface area contributed by atoms with E-state index in [1.54, 1.807) is 4.90 Å². The molecule has 0 saturated carbocycles. The zero-order chi connectivity index (χ0) is 13.5. The molecule has 18 heavy (non-hydrogen) atoms. The summed E-state index contributed by atoms with van der Waals surface area (Å²) < 4.78 is 4.99. The summed E-state index contributed by atoms with van der Waals surface area (Å²) in [6.45, 7) is 6.33. The Morgan fingerprint density at radius 1 is 1.39 bits per heavy atom. The summed E-state index contributed by atoms with van der Waals surface area (Å²) in [5.74, 6) is -0.541. The Morgan fingerprint density at radius 2 is 2.06 bits per heavy atom. The fourth-order valence-electron chi connectivity index (χ4n) is 2.02. The van der Waals surface area contributed by atoms with E-state index in [4.69, 9.17) is 9.63 Å². The second-order valence-electron chi connectivity index (χ2n) is 5.46. The molecule has 0 atom stereocenters. The van der Waals surface area contributed by atoms with Gasteiger partial charge in [-0.1, -0.05) is 25.9 Å². The number of amides is 1. The number of rotatable bonds is 1. The second-order valence-corrected chi connectivity index (χ2v) is 5.46. The number of hydrogen-bond donors (Lipinski definition) is 1. The van der Waals surface area contributed by atoms with Gasteiger partial charge in [0, 0.05) is 23.9 Å². The van der Waals surface area contributed by atoms with E-state index in [9.17, 15) is 9.59 Å². The van der Waals surface area contributed by atoms with Gasteiger partial charge in [-0.05, 0) is 0 Å². The first-order chi connectivity index (χ1) is 8.30. The standard InChI is InChI=1S/C12H16N2O4/c1-12(2,3)11(17)14-5-4-8-7(6-14)9(10(15)16)13-18-8/h4-6H2,1-3H3,(H,15,16). The van der Waals surface area contributed by atoms with Crippen molar-refractivity contribution in [1.29, 1.82) is 0 Å². The van der Waals surface area contributed by atoms with E-state index in [1.165, 1.54) is 0 Å². The van der Waals surface area contributed by atoms with Crippen molar-refractivity contribution >= 4 is 11.9 Å². The molecular formula is C12H16N2O4. The van der Waals surface area contributed by atoms with E-state index >= 15 is 0 Å². The molecule has 0 unspecified atom stereocenters. The van der Waals surface area contributed by atoms with Crippen LogP contribution in [0.4, 0.5) is 0 Å². The second kappa shape index (κ2) is 4.12. The summed E-state index contributed by atoms with van der Waals surface area (Å²) in [6.07, 6.45) is 0.511. The zero-order valence-corrected chi connectivity index (χ0v) is 10.7. The summed E-state index contributed by atoms with van der Waals surface area (Å²) >= 11 is 0. The smallest absolute Gasteiger partial charge is 0.358 e. The molecule has 0 saturated heterocycles. The molecule has 98 valence electrons. The Kier molecular flexibility index (Phi) is 2.88. The lowest BCUT2D eigenvalue weighted by atomic mass is 9.93. The van der Waals surface area contributed by atoms with Crippen molar-refractivity contribution in [3.63, 3.8) is 0 Å². The minimum absolute atomic E-state index is 0.00527. The van der Waals surface area contributed by atoms with Crippen LogP contribution in [0, 0.1) is 5.41 Å². The Balaban J connectivity index is 2.26. The molecule has 1 aliphatic heterocycles. The lowest BCUT2D eigenvalue weighted by Crippen LogP contribution is -2.42. The fourth-order valence-corrected chi connectivity index (χ4v) is 2.02. The predicted molar refractivity (Wildman–Crippen MR) is 62.0 cm³/mol. The molecule has 0 aliphatic carbocycles. The average molecular weight is 252 g/mol. The molecule has 0 fully saturated rings. The summed E-state index contributed by atoms with van der Waals surface area (Å²) in [4.78, 5) is 24.8. The van der Waals surface area contributed by atoms with Crippen molar-refractivity contribution < 1.29 is 19.2 Å². The van der Waals surface area contributed by atoms with Gasteiger partial charge in [0.2, 0.25) is 5.91 Å². The third kappa shape index (κ3) is 2.10. The molecule has 1 aromatic heterocycles. The van der Waals surface area contributed by atoms with E-state index in [0.717, 1.165) is 0 Å². The highest BCUT2D eigenvalue weighted by Gasteiger charge is 2.33.